The van der Waals surface area contributed by atoms with Gasteiger partial charge in [0.15, 0.2) is 17.4 Å². The molecule has 0 aliphatic rings. The highest BCUT2D eigenvalue weighted by Gasteiger charge is 1.89. The van der Waals surface area contributed by atoms with Crippen molar-refractivity contribution in [3.8, 4) is 0 Å². The monoisotopic (exact) mass is 197 g/mol. The van der Waals surface area contributed by atoms with Gasteiger partial charge in [-0.05, 0) is 12.8 Å². The molecule has 1 heteroatoms. The Morgan fingerprint density at radius 2 is 1.23 bits per heavy atom. The summed E-state index contributed by atoms with van der Waals surface area (Å²) in [5.74, 6) is 0. The summed E-state index contributed by atoms with van der Waals surface area (Å²) in [6.07, 6.45) is 14.0. The van der Waals surface area contributed by atoms with Gasteiger partial charge in [0.05, 0.1) is 0 Å². The number of hydrogen-bond acceptors (Lipinski definition) is 0. The Labute approximate surface area is 94.9 Å². The van der Waals surface area contributed by atoms with E-state index in [1.807, 2.05) is 6.08 Å². The first kappa shape index (κ1) is 15.7. The minimum Gasteiger partial charge on any atom is -0.103 e. The van der Waals surface area contributed by atoms with E-state index >= 15 is 0 Å². The molecule has 0 aliphatic heterocycles. The number of hydrogen-bond donors (Lipinski definition) is 0. The molecule has 0 aliphatic carbocycles. The summed E-state index contributed by atoms with van der Waals surface area (Å²) in [4.78, 5) is 0. The summed E-state index contributed by atoms with van der Waals surface area (Å²) in [6.45, 7) is 7.54. The Morgan fingerprint density at radius 1 is 0.769 bits per heavy atom. The van der Waals surface area contributed by atoms with Crippen LogP contribution in [-0.4, -0.2) is 17.4 Å². The lowest BCUT2D eigenvalue weighted by atomic mass is 10.1. The average Bonchev–Trinajstić information content (AvgIpc) is 2.10. The molecule has 0 fully saturated rings. The molecule has 0 saturated carbocycles. The summed E-state index contributed by atoms with van der Waals surface area (Å²) >= 11 is 0. The largest absolute Gasteiger partial charge is 0.187 e. The minimum atomic E-state index is 0. The molecule has 0 aromatic heterocycles. The van der Waals surface area contributed by atoms with Crippen molar-refractivity contribution < 1.29 is 0 Å². The second-order valence-corrected chi connectivity index (χ2v) is 3.41. The smallest absolute Gasteiger partial charge is 0.103 e. The molecule has 0 aromatic carbocycles. The fourth-order valence-corrected chi connectivity index (χ4v) is 1.35. The molecular formula is C12H26Al. The van der Waals surface area contributed by atoms with E-state index in [1.54, 1.807) is 0 Å². The van der Waals surface area contributed by atoms with Crippen LogP contribution in [0.2, 0.25) is 0 Å². The van der Waals surface area contributed by atoms with Gasteiger partial charge in [0, 0.05) is 0 Å². The lowest BCUT2D eigenvalue weighted by molar-refractivity contribution is 0.583. The lowest BCUT2D eigenvalue weighted by Crippen LogP contribution is -1.79. The predicted octanol–water partition coefficient (Wildman–Crippen LogP) is 3.33. The van der Waals surface area contributed by atoms with Gasteiger partial charge in [-0.15, -0.1) is 6.58 Å². The first-order valence-corrected chi connectivity index (χ1v) is 5.32. The molecule has 0 nitrogen and oxygen atoms in total. The summed E-state index contributed by atoms with van der Waals surface area (Å²) < 4.78 is 0. The third kappa shape index (κ3) is 15.1. The van der Waals surface area contributed by atoms with Crippen LogP contribution in [-0.2, 0) is 0 Å². The van der Waals surface area contributed by atoms with E-state index in [4.69, 9.17) is 0 Å². The molecule has 0 N–H and O–H groups in total. The van der Waals surface area contributed by atoms with Crippen molar-refractivity contribution in [1.29, 1.82) is 0 Å². The maximum Gasteiger partial charge on any atom is 0.187 e. The Bertz CT molecular complexity index is 89.1. The van der Waals surface area contributed by atoms with Crippen LogP contribution in [0, 0.1) is 6.92 Å². The van der Waals surface area contributed by atoms with Crippen LogP contribution in [0.4, 0.5) is 0 Å². The van der Waals surface area contributed by atoms with Crippen molar-refractivity contribution >= 4 is 17.4 Å². The molecule has 0 spiro atoms. The van der Waals surface area contributed by atoms with Crippen LogP contribution >= 0.6 is 0 Å². The molecule has 0 heterocycles. The zero-order valence-corrected chi connectivity index (χ0v) is 8.36. The van der Waals surface area contributed by atoms with Gasteiger partial charge < -0.3 is 0 Å². The second-order valence-electron chi connectivity index (χ2n) is 3.41. The molecule has 77 valence electrons. The van der Waals surface area contributed by atoms with Crippen LogP contribution in [0.3, 0.4) is 0 Å². The molecular weight excluding hydrogens is 171 g/mol. The van der Waals surface area contributed by atoms with E-state index < -0.39 is 0 Å². The van der Waals surface area contributed by atoms with E-state index in [9.17, 15) is 0 Å². The van der Waals surface area contributed by atoms with Crippen molar-refractivity contribution in [2.45, 2.75) is 57.8 Å². The fraction of sp³-hybridized carbons (Fsp3) is 0.750. The Hall–Kier alpha value is 0.272. The fourth-order valence-electron chi connectivity index (χ4n) is 1.35. The Kier molecular flexibility index (Phi) is 17.9. The maximum absolute atomic E-state index is 3.83. The van der Waals surface area contributed by atoms with E-state index in [0.29, 0.717) is 0 Å². The van der Waals surface area contributed by atoms with Gasteiger partial charge in [0.1, 0.15) is 0 Å². The van der Waals surface area contributed by atoms with E-state index in [1.165, 1.54) is 51.4 Å². The van der Waals surface area contributed by atoms with E-state index in [0.717, 1.165) is 6.42 Å². The average molecular weight is 197 g/mol. The van der Waals surface area contributed by atoms with Crippen LogP contribution in [0.15, 0.2) is 12.7 Å². The summed E-state index contributed by atoms with van der Waals surface area (Å²) in [7, 11) is 0. The normalized spacial score (nSPS) is 9.31. The Morgan fingerprint density at radius 3 is 1.69 bits per heavy atom. The van der Waals surface area contributed by atoms with Gasteiger partial charge in [0.25, 0.3) is 0 Å². The van der Waals surface area contributed by atoms with E-state index in [-0.39, 0.29) is 17.4 Å². The van der Waals surface area contributed by atoms with Gasteiger partial charge >= 0.3 is 0 Å². The van der Waals surface area contributed by atoms with Crippen molar-refractivity contribution in [2.75, 3.05) is 0 Å². The molecule has 0 rings (SSSR count). The Balaban J connectivity index is 0. The maximum atomic E-state index is 3.83. The van der Waals surface area contributed by atoms with Crippen LogP contribution in [0.25, 0.3) is 0 Å². The van der Waals surface area contributed by atoms with Crippen molar-refractivity contribution in [3.63, 3.8) is 0 Å². The highest BCUT2D eigenvalue weighted by atomic mass is 27.0. The molecule has 0 unspecified atom stereocenters. The van der Waals surface area contributed by atoms with Crippen LogP contribution < -0.4 is 0 Å². The van der Waals surface area contributed by atoms with Gasteiger partial charge in [-0.1, -0.05) is 57.9 Å². The SMILES string of the molecule is [AlH3].[CH2]CCCCCCCCCC=C. The second kappa shape index (κ2) is 14.8. The zero-order valence-electron chi connectivity index (χ0n) is 8.36. The molecule has 13 heavy (non-hydrogen) atoms. The molecule has 0 aromatic rings. The van der Waals surface area contributed by atoms with Crippen LogP contribution in [0.5, 0.6) is 0 Å². The standard InChI is InChI=1S/C12H23.Al.3H/c1-3-5-7-9-11-12-10-8-6-4-2;;;;/h3H,1-2,4-12H2;;;;. The highest BCUT2D eigenvalue weighted by molar-refractivity contribution is 5.75. The van der Waals surface area contributed by atoms with Crippen molar-refractivity contribution in [2.24, 2.45) is 0 Å². The van der Waals surface area contributed by atoms with Crippen molar-refractivity contribution in [1.82, 2.24) is 0 Å². The topological polar surface area (TPSA) is 0 Å². The molecule has 1 radical (unpaired) electrons. The number of allylic oxidation sites excluding steroid dienone is 1. The number of rotatable bonds is 9. The third-order valence-electron chi connectivity index (χ3n) is 2.16. The van der Waals surface area contributed by atoms with E-state index in [2.05, 4.69) is 13.5 Å². The summed E-state index contributed by atoms with van der Waals surface area (Å²) in [6, 6.07) is 0. The van der Waals surface area contributed by atoms with Gasteiger partial charge in [-0.25, -0.2) is 0 Å². The molecule has 0 saturated heterocycles. The molecule has 0 bridgehead atoms. The summed E-state index contributed by atoms with van der Waals surface area (Å²) in [5, 5.41) is 0. The summed E-state index contributed by atoms with van der Waals surface area (Å²) in [5.41, 5.74) is 0. The predicted molar refractivity (Wildman–Crippen MR) is 67.0 cm³/mol. The zero-order chi connectivity index (χ0) is 9.07. The van der Waals surface area contributed by atoms with Crippen molar-refractivity contribution in [3.05, 3.63) is 19.6 Å². The first-order chi connectivity index (χ1) is 5.91. The quantitative estimate of drug-likeness (QED) is 0.302. The molecule has 0 atom stereocenters. The minimum absolute atomic E-state index is 0. The van der Waals surface area contributed by atoms with Gasteiger partial charge in [-0.3, -0.25) is 0 Å². The molecule has 0 amide bonds. The highest BCUT2D eigenvalue weighted by Crippen LogP contribution is 2.09. The first-order valence-electron chi connectivity index (χ1n) is 5.32. The third-order valence-corrected chi connectivity index (χ3v) is 2.16. The number of unbranched alkanes of at least 4 members (excludes halogenated alkanes) is 8. The lowest BCUT2D eigenvalue weighted by Gasteiger charge is -1.99. The van der Waals surface area contributed by atoms with Crippen LogP contribution in [0.1, 0.15) is 57.8 Å². The van der Waals surface area contributed by atoms with Gasteiger partial charge in [-0.2, -0.15) is 0 Å². The van der Waals surface area contributed by atoms with Gasteiger partial charge in [0.2, 0.25) is 0 Å².